The molecule has 0 spiro atoms. The van der Waals surface area contributed by atoms with E-state index in [4.69, 9.17) is 10.8 Å². The van der Waals surface area contributed by atoms with Crippen LogP contribution in [-0.2, 0) is 0 Å². The van der Waals surface area contributed by atoms with E-state index in [2.05, 4.69) is 20.9 Å². The van der Waals surface area contributed by atoms with Crippen molar-refractivity contribution in [2.24, 2.45) is 5.73 Å². The third-order valence-corrected chi connectivity index (χ3v) is 2.69. The summed E-state index contributed by atoms with van der Waals surface area (Å²) in [5, 5.41) is 10.0. The van der Waals surface area contributed by atoms with E-state index in [9.17, 15) is 0 Å². The lowest BCUT2D eigenvalue weighted by Crippen LogP contribution is -2.14. The zero-order valence-electron chi connectivity index (χ0n) is 7.50. The first-order chi connectivity index (χ1) is 6.70. The Morgan fingerprint density at radius 3 is 2.93 bits per heavy atom. The van der Waals surface area contributed by atoms with Gasteiger partial charge < -0.3 is 15.8 Å². The first kappa shape index (κ1) is 9.71. The van der Waals surface area contributed by atoms with Gasteiger partial charge in [-0.15, -0.1) is 0 Å². The van der Waals surface area contributed by atoms with E-state index in [-0.39, 0.29) is 12.6 Å². The molecule has 0 aliphatic rings. The normalized spacial score (nSPS) is 13.4. The maximum atomic E-state index is 8.91. The van der Waals surface area contributed by atoms with Gasteiger partial charge >= 0.3 is 0 Å². The van der Waals surface area contributed by atoms with Crippen LogP contribution in [0.3, 0.4) is 0 Å². The van der Waals surface area contributed by atoms with E-state index in [1.165, 1.54) is 0 Å². The molecule has 1 heterocycles. The van der Waals surface area contributed by atoms with Crippen LogP contribution in [0, 0.1) is 0 Å². The van der Waals surface area contributed by atoms with Gasteiger partial charge in [-0.25, -0.2) is 0 Å². The number of hydrogen-bond donors (Lipinski definition) is 3. The first-order valence-electron chi connectivity index (χ1n) is 4.35. The number of nitrogens with two attached hydrogens (primary N) is 1. The molecular formula is C10H11BrN2O. The van der Waals surface area contributed by atoms with E-state index in [0.29, 0.717) is 0 Å². The maximum absolute atomic E-state index is 8.91. The number of rotatable bonds is 2. The Labute approximate surface area is 90.1 Å². The number of aromatic nitrogens is 1. The highest BCUT2D eigenvalue weighted by Gasteiger charge is 2.07. The lowest BCUT2D eigenvalue weighted by molar-refractivity contribution is 0.266. The van der Waals surface area contributed by atoms with Crippen LogP contribution in [-0.4, -0.2) is 16.7 Å². The van der Waals surface area contributed by atoms with Crippen molar-refractivity contribution in [2.75, 3.05) is 6.61 Å². The first-order valence-corrected chi connectivity index (χ1v) is 5.14. The fourth-order valence-electron chi connectivity index (χ4n) is 1.42. The van der Waals surface area contributed by atoms with E-state index in [1.807, 2.05) is 24.3 Å². The SMILES string of the molecule is NC(CO)c1cc2ccc(Br)cc2[nH]1. The van der Waals surface area contributed by atoms with E-state index in [1.54, 1.807) is 0 Å². The van der Waals surface area contributed by atoms with Crippen molar-refractivity contribution >= 4 is 26.8 Å². The molecule has 0 aliphatic carbocycles. The maximum Gasteiger partial charge on any atom is 0.0683 e. The Balaban J connectivity index is 2.51. The van der Waals surface area contributed by atoms with Crippen LogP contribution in [0.25, 0.3) is 10.9 Å². The number of fused-ring (bicyclic) bond motifs is 1. The number of aliphatic hydroxyl groups is 1. The summed E-state index contributed by atoms with van der Waals surface area (Å²) in [4.78, 5) is 3.17. The second kappa shape index (κ2) is 3.73. The molecule has 2 aromatic rings. The minimum atomic E-state index is -0.332. The Kier molecular flexibility index (Phi) is 2.58. The molecule has 1 aromatic carbocycles. The molecule has 4 N–H and O–H groups in total. The van der Waals surface area contributed by atoms with Gasteiger partial charge in [-0.1, -0.05) is 22.0 Å². The minimum Gasteiger partial charge on any atom is -0.394 e. The van der Waals surface area contributed by atoms with Crippen LogP contribution >= 0.6 is 15.9 Å². The Bertz CT molecular complexity index is 452. The third kappa shape index (κ3) is 1.68. The average molecular weight is 255 g/mol. The molecular weight excluding hydrogens is 244 g/mol. The summed E-state index contributed by atoms with van der Waals surface area (Å²) >= 11 is 3.40. The van der Waals surface area contributed by atoms with Crippen LogP contribution in [0.2, 0.25) is 0 Å². The van der Waals surface area contributed by atoms with Crippen molar-refractivity contribution in [3.8, 4) is 0 Å². The number of nitrogens with one attached hydrogen (secondary N) is 1. The Morgan fingerprint density at radius 1 is 1.43 bits per heavy atom. The van der Waals surface area contributed by atoms with Crippen molar-refractivity contribution in [3.63, 3.8) is 0 Å². The zero-order valence-corrected chi connectivity index (χ0v) is 9.08. The molecule has 0 aliphatic heterocycles. The fourth-order valence-corrected chi connectivity index (χ4v) is 1.78. The molecule has 0 amide bonds. The summed E-state index contributed by atoms with van der Waals surface area (Å²) in [6.45, 7) is -0.0476. The lowest BCUT2D eigenvalue weighted by atomic mass is 10.2. The van der Waals surface area contributed by atoms with Gasteiger partial charge in [-0.2, -0.15) is 0 Å². The molecule has 1 aromatic heterocycles. The second-order valence-corrected chi connectivity index (χ2v) is 4.16. The summed E-state index contributed by atoms with van der Waals surface area (Å²) in [5.41, 5.74) is 7.59. The van der Waals surface area contributed by atoms with Gasteiger partial charge in [0.2, 0.25) is 0 Å². The zero-order chi connectivity index (χ0) is 10.1. The molecule has 0 radical (unpaired) electrons. The summed E-state index contributed by atoms with van der Waals surface area (Å²) in [7, 11) is 0. The molecule has 0 saturated heterocycles. The minimum absolute atomic E-state index is 0.0476. The van der Waals surface area contributed by atoms with Crippen molar-refractivity contribution < 1.29 is 5.11 Å². The summed E-state index contributed by atoms with van der Waals surface area (Å²) in [5.74, 6) is 0. The van der Waals surface area contributed by atoms with Gasteiger partial charge in [-0.05, 0) is 23.6 Å². The summed E-state index contributed by atoms with van der Waals surface area (Å²) in [6.07, 6.45) is 0. The van der Waals surface area contributed by atoms with Crippen LogP contribution in [0.5, 0.6) is 0 Å². The van der Waals surface area contributed by atoms with Crippen molar-refractivity contribution in [3.05, 3.63) is 34.4 Å². The molecule has 1 unspecified atom stereocenters. The number of hydrogen-bond acceptors (Lipinski definition) is 2. The van der Waals surface area contributed by atoms with Gasteiger partial charge in [-0.3, -0.25) is 0 Å². The number of aliphatic hydroxyl groups excluding tert-OH is 1. The van der Waals surface area contributed by atoms with Crippen molar-refractivity contribution in [2.45, 2.75) is 6.04 Å². The molecule has 2 rings (SSSR count). The van der Waals surface area contributed by atoms with Crippen molar-refractivity contribution in [1.82, 2.24) is 4.98 Å². The molecule has 4 heteroatoms. The largest absolute Gasteiger partial charge is 0.394 e. The monoisotopic (exact) mass is 254 g/mol. The van der Waals surface area contributed by atoms with Gasteiger partial charge in [0.05, 0.1) is 12.6 Å². The van der Waals surface area contributed by atoms with E-state index < -0.39 is 0 Å². The van der Waals surface area contributed by atoms with Gasteiger partial charge in [0, 0.05) is 15.7 Å². The van der Waals surface area contributed by atoms with E-state index >= 15 is 0 Å². The third-order valence-electron chi connectivity index (χ3n) is 2.20. The lowest BCUT2D eigenvalue weighted by Gasteiger charge is -2.03. The summed E-state index contributed by atoms with van der Waals surface area (Å²) in [6, 6.07) is 7.60. The quantitative estimate of drug-likeness (QED) is 0.767. The predicted molar refractivity (Wildman–Crippen MR) is 60.0 cm³/mol. The molecule has 1 atom stereocenters. The van der Waals surface area contributed by atoms with Crippen LogP contribution in [0.1, 0.15) is 11.7 Å². The smallest absolute Gasteiger partial charge is 0.0683 e. The average Bonchev–Trinajstić information content (AvgIpc) is 2.59. The van der Waals surface area contributed by atoms with E-state index in [0.717, 1.165) is 21.1 Å². The topological polar surface area (TPSA) is 62.0 Å². The molecule has 14 heavy (non-hydrogen) atoms. The highest BCUT2D eigenvalue weighted by Crippen LogP contribution is 2.22. The number of halogens is 1. The van der Waals surface area contributed by atoms with Crippen LogP contribution in [0.15, 0.2) is 28.7 Å². The predicted octanol–water partition coefficient (Wildman–Crippen LogP) is 1.92. The van der Waals surface area contributed by atoms with Crippen molar-refractivity contribution in [1.29, 1.82) is 0 Å². The number of aromatic amines is 1. The molecule has 0 bridgehead atoms. The fraction of sp³-hybridized carbons (Fsp3) is 0.200. The number of benzene rings is 1. The van der Waals surface area contributed by atoms with Gasteiger partial charge in [0.15, 0.2) is 0 Å². The van der Waals surface area contributed by atoms with Gasteiger partial charge in [0.1, 0.15) is 0 Å². The molecule has 3 nitrogen and oxygen atoms in total. The second-order valence-electron chi connectivity index (χ2n) is 3.25. The molecule has 0 fully saturated rings. The molecule has 74 valence electrons. The highest BCUT2D eigenvalue weighted by atomic mass is 79.9. The summed E-state index contributed by atoms with van der Waals surface area (Å²) < 4.78 is 1.02. The van der Waals surface area contributed by atoms with Crippen LogP contribution < -0.4 is 5.73 Å². The van der Waals surface area contributed by atoms with Crippen LogP contribution in [0.4, 0.5) is 0 Å². The van der Waals surface area contributed by atoms with Gasteiger partial charge in [0.25, 0.3) is 0 Å². The standard InChI is InChI=1S/C10H11BrN2O/c11-7-2-1-6-3-10(8(12)5-14)13-9(6)4-7/h1-4,8,13-14H,5,12H2. The Hall–Kier alpha value is -0.840. The highest BCUT2D eigenvalue weighted by molar-refractivity contribution is 9.10. The number of H-pyrrole nitrogens is 1. The Morgan fingerprint density at radius 2 is 2.21 bits per heavy atom. The molecule has 0 saturated carbocycles.